The van der Waals surface area contributed by atoms with Crippen molar-refractivity contribution in [3.05, 3.63) is 28.3 Å². The molecule has 0 amide bonds. The van der Waals surface area contributed by atoms with Gasteiger partial charge in [-0.15, -0.1) is 12.6 Å². The van der Waals surface area contributed by atoms with Crippen molar-refractivity contribution in [1.82, 2.24) is 0 Å². The molecule has 1 aromatic rings. The summed E-state index contributed by atoms with van der Waals surface area (Å²) in [6.45, 7) is 2.03. The highest BCUT2D eigenvalue weighted by molar-refractivity contribution is 7.80. The van der Waals surface area contributed by atoms with Gasteiger partial charge in [-0.3, -0.25) is 4.79 Å². The third kappa shape index (κ3) is 2.91. The topological polar surface area (TPSA) is 50.1 Å². The molecule has 5 heteroatoms. The minimum Gasteiger partial charge on any atom is -0.466 e. The van der Waals surface area contributed by atoms with Crippen molar-refractivity contribution in [3.63, 3.8) is 0 Å². The van der Waals surface area contributed by atoms with Gasteiger partial charge in [0.2, 0.25) is 0 Å². The van der Waals surface area contributed by atoms with Crippen LogP contribution in [-0.2, 0) is 16.0 Å². The number of hydrogen-bond acceptors (Lipinski definition) is 4. The molecule has 0 aliphatic carbocycles. The molecule has 0 atom stereocenters. The van der Waals surface area contributed by atoms with E-state index in [1.807, 2.05) is 6.07 Å². The quantitative estimate of drug-likeness (QED) is 0.667. The number of rotatable bonds is 3. The van der Waals surface area contributed by atoms with Gasteiger partial charge in [0, 0.05) is 4.90 Å². The normalized spacial score (nSPS) is 9.62. The van der Waals surface area contributed by atoms with E-state index in [0.717, 1.165) is 0 Å². The fourth-order valence-corrected chi connectivity index (χ4v) is 1.75. The maximum atomic E-state index is 11.3. The minimum absolute atomic E-state index is 0.0100. The van der Waals surface area contributed by atoms with Gasteiger partial charge in [0.15, 0.2) is 0 Å². The summed E-state index contributed by atoms with van der Waals surface area (Å²) in [5.41, 5.74) is 0.791. The number of ether oxygens (including phenoxy) is 1. The maximum absolute atomic E-state index is 11.3. The van der Waals surface area contributed by atoms with E-state index in [1.165, 1.54) is 0 Å². The molecule has 0 aromatic heterocycles. The molecule has 0 fully saturated rings. The van der Waals surface area contributed by atoms with E-state index in [0.29, 0.717) is 22.1 Å². The molecular formula is C11H10ClNO2S. The molecule has 1 rings (SSSR count). The first-order chi connectivity index (χ1) is 7.60. The summed E-state index contributed by atoms with van der Waals surface area (Å²) in [7, 11) is 0. The average molecular weight is 256 g/mol. The first-order valence-electron chi connectivity index (χ1n) is 4.66. The zero-order valence-electron chi connectivity index (χ0n) is 8.66. The van der Waals surface area contributed by atoms with Gasteiger partial charge >= 0.3 is 5.97 Å². The fraction of sp³-hybridized carbons (Fsp3) is 0.273. The van der Waals surface area contributed by atoms with E-state index >= 15 is 0 Å². The molecule has 1 aromatic carbocycles. The summed E-state index contributed by atoms with van der Waals surface area (Å²) in [4.78, 5) is 11.9. The van der Waals surface area contributed by atoms with Gasteiger partial charge in [-0.05, 0) is 24.6 Å². The molecule has 16 heavy (non-hydrogen) atoms. The largest absolute Gasteiger partial charge is 0.466 e. The van der Waals surface area contributed by atoms with E-state index in [1.54, 1.807) is 19.1 Å². The SMILES string of the molecule is CCOC(=O)Cc1c(S)ccc(Cl)c1C#N. The predicted octanol–water partition coefficient (Wildman–Crippen LogP) is 2.61. The zero-order chi connectivity index (χ0) is 12.1. The zero-order valence-corrected chi connectivity index (χ0v) is 10.3. The number of carbonyl (C=O) groups is 1. The molecule has 0 N–H and O–H groups in total. The van der Waals surface area contributed by atoms with E-state index in [9.17, 15) is 4.79 Å². The van der Waals surface area contributed by atoms with E-state index in [4.69, 9.17) is 21.6 Å². The van der Waals surface area contributed by atoms with Crippen molar-refractivity contribution in [2.45, 2.75) is 18.2 Å². The fourth-order valence-electron chi connectivity index (χ4n) is 1.26. The second kappa shape index (κ2) is 5.78. The Morgan fingerprint density at radius 3 is 2.88 bits per heavy atom. The van der Waals surface area contributed by atoms with Crippen molar-refractivity contribution in [2.75, 3.05) is 6.61 Å². The van der Waals surface area contributed by atoms with Crippen molar-refractivity contribution in [2.24, 2.45) is 0 Å². The second-order valence-corrected chi connectivity index (χ2v) is 3.90. The highest BCUT2D eigenvalue weighted by atomic mass is 35.5. The van der Waals surface area contributed by atoms with Crippen LogP contribution in [0.15, 0.2) is 17.0 Å². The molecular weight excluding hydrogens is 246 g/mol. The molecule has 0 aliphatic heterocycles. The van der Waals surface area contributed by atoms with Crippen LogP contribution in [0.25, 0.3) is 0 Å². The lowest BCUT2D eigenvalue weighted by Crippen LogP contribution is -2.09. The molecule has 0 aliphatic rings. The molecule has 0 saturated carbocycles. The van der Waals surface area contributed by atoms with Gasteiger partial charge < -0.3 is 4.74 Å². The summed E-state index contributed by atoms with van der Waals surface area (Å²) >= 11 is 10.0. The van der Waals surface area contributed by atoms with E-state index in [2.05, 4.69) is 12.6 Å². The molecule has 0 radical (unpaired) electrons. The van der Waals surface area contributed by atoms with Crippen molar-refractivity contribution in [3.8, 4) is 6.07 Å². The predicted molar refractivity (Wildman–Crippen MR) is 63.8 cm³/mol. The Balaban J connectivity index is 3.08. The number of nitriles is 1. The molecule has 0 unspecified atom stereocenters. The lowest BCUT2D eigenvalue weighted by molar-refractivity contribution is -0.142. The third-order valence-corrected chi connectivity index (χ3v) is 2.71. The van der Waals surface area contributed by atoms with Crippen LogP contribution in [0.2, 0.25) is 5.02 Å². The Kier molecular flexibility index (Phi) is 4.66. The van der Waals surface area contributed by atoms with Crippen LogP contribution >= 0.6 is 24.2 Å². The Bertz CT molecular complexity index is 454. The summed E-state index contributed by atoms with van der Waals surface area (Å²) < 4.78 is 4.81. The van der Waals surface area contributed by atoms with Crippen LogP contribution in [0, 0.1) is 11.3 Å². The number of hydrogen-bond donors (Lipinski definition) is 1. The Morgan fingerprint density at radius 2 is 2.31 bits per heavy atom. The molecule has 0 heterocycles. The summed E-state index contributed by atoms with van der Waals surface area (Å²) in [5, 5.41) is 9.27. The molecule has 3 nitrogen and oxygen atoms in total. The number of halogens is 1. The monoisotopic (exact) mass is 255 g/mol. The Labute approximate surface area is 104 Å². The van der Waals surface area contributed by atoms with Crippen molar-refractivity contribution >= 4 is 30.2 Å². The van der Waals surface area contributed by atoms with E-state index < -0.39 is 5.97 Å². The molecule has 0 saturated heterocycles. The van der Waals surface area contributed by atoms with Gasteiger partial charge in [-0.25, -0.2) is 0 Å². The first kappa shape index (κ1) is 12.9. The summed E-state index contributed by atoms with van der Waals surface area (Å²) in [6, 6.07) is 5.20. The van der Waals surface area contributed by atoms with Gasteiger partial charge in [0.25, 0.3) is 0 Å². The lowest BCUT2D eigenvalue weighted by Gasteiger charge is -2.08. The number of benzene rings is 1. The number of esters is 1. The summed E-state index contributed by atoms with van der Waals surface area (Å²) in [6.07, 6.45) is 0.0100. The molecule has 0 spiro atoms. The van der Waals surface area contributed by atoms with Crippen LogP contribution < -0.4 is 0 Å². The van der Waals surface area contributed by atoms with E-state index in [-0.39, 0.29) is 12.0 Å². The highest BCUT2D eigenvalue weighted by Gasteiger charge is 2.14. The van der Waals surface area contributed by atoms with Crippen molar-refractivity contribution in [1.29, 1.82) is 5.26 Å². The Hall–Kier alpha value is -1.18. The first-order valence-corrected chi connectivity index (χ1v) is 5.48. The minimum atomic E-state index is -0.392. The van der Waals surface area contributed by atoms with Crippen LogP contribution in [0.1, 0.15) is 18.1 Å². The third-order valence-electron chi connectivity index (χ3n) is 1.98. The standard InChI is InChI=1S/C11H10ClNO2S/c1-2-15-11(14)5-7-8(6-13)9(12)3-4-10(7)16/h3-4,16H,2,5H2,1H3. The van der Waals surface area contributed by atoms with Crippen molar-refractivity contribution < 1.29 is 9.53 Å². The lowest BCUT2D eigenvalue weighted by atomic mass is 10.1. The van der Waals surface area contributed by atoms with Crippen LogP contribution in [-0.4, -0.2) is 12.6 Å². The van der Waals surface area contributed by atoms with Gasteiger partial charge in [0.1, 0.15) is 6.07 Å². The second-order valence-electron chi connectivity index (χ2n) is 3.01. The van der Waals surface area contributed by atoms with Gasteiger partial charge in [-0.2, -0.15) is 5.26 Å². The van der Waals surface area contributed by atoms with Crippen LogP contribution in [0.5, 0.6) is 0 Å². The number of carbonyl (C=O) groups excluding carboxylic acids is 1. The summed E-state index contributed by atoms with van der Waals surface area (Å²) in [5.74, 6) is -0.392. The molecule has 84 valence electrons. The maximum Gasteiger partial charge on any atom is 0.310 e. The Morgan fingerprint density at radius 1 is 1.62 bits per heavy atom. The number of nitrogens with zero attached hydrogens (tertiary/aromatic N) is 1. The molecule has 0 bridgehead atoms. The van der Waals surface area contributed by atoms with Crippen LogP contribution in [0.4, 0.5) is 0 Å². The van der Waals surface area contributed by atoms with Crippen LogP contribution in [0.3, 0.4) is 0 Å². The number of thiol groups is 1. The smallest absolute Gasteiger partial charge is 0.310 e. The average Bonchev–Trinajstić information content (AvgIpc) is 2.24. The van der Waals surface area contributed by atoms with Gasteiger partial charge in [-0.1, -0.05) is 11.6 Å². The van der Waals surface area contributed by atoms with Gasteiger partial charge in [0.05, 0.1) is 23.6 Å². The highest BCUT2D eigenvalue weighted by Crippen LogP contribution is 2.25.